The third kappa shape index (κ3) is 3.00. The minimum absolute atomic E-state index is 0.124. The maximum atomic E-state index is 5.84. The molecule has 0 heterocycles. The van der Waals surface area contributed by atoms with Crippen LogP contribution in [0.4, 0.5) is 0 Å². The van der Waals surface area contributed by atoms with E-state index in [4.69, 9.17) is 17.3 Å². The molecule has 1 nitrogen and oxygen atoms in total. The van der Waals surface area contributed by atoms with E-state index in [2.05, 4.69) is 26.0 Å². The van der Waals surface area contributed by atoms with Crippen molar-refractivity contribution in [3.8, 4) is 0 Å². The van der Waals surface area contributed by atoms with Gasteiger partial charge in [-0.15, -0.1) is 0 Å². The van der Waals surface area contributed by atoms with Crippen molar-refractivity contribution in [2.75, 3.05) is 0 Å². The van der Waals surface area contributed by atoms with Crippen LogP contribution in [-0.4, -0.2) is 6.04 Å². The molecule has 1 atom stereocenters. The predicted octanol–water partition coefficient (Wildman–Crippen LogP) is 3.35. The summed E-state index contributed by atoms with van der Waals surface area (Å²) in [4.78, 5) is 0. The summed E-state index contributed by atoms with van der Waals surface area (Å²) in [6.45, 7) is 6.46. The first kappa shape index (κ1) is 11.5. The lowest BCUT2D eigenvalue weighted by Crippen LogP contribution is -2.28. The molecule has 78 valence electrons. The second-order valence-corrected chi connectivity index (χ2v) is 5.01. The van der Waals surface area contributed by atoms with Gasteiger partial charge in [0.15, 0.2) is 0 Å². The summed E-state index contributed by atoms with van der Waals surface area (Å²) >= 11 is 5.84. The number of hydrogen-bond donors (Lipinski definition) is 1. The molecule has 1 aromatic carbocycles. The third-order valence-corrected chi connectivity index (χ3v) is 2.71. The van der Waals surface area contributed by atoms with Crippen molar-refractivity contribution in [2.24, 2.45) is 5.73 Å². The average Bonchev–Trinajstić information content (AvgIpc) is 2.02. The van der Waals surface area contributed by atoms with Crippen LogP contribution < -0.4 is 5.73 Å². The van der Waals surface area contributed by atoms with Gasteiger partial charge in [0.2, 0.25) is 0 Å². The van der Waals surface area contributed by atoms with E-state index >= 15 is 0 Å². The Morgan fingerprint density at radius 3 is 2.21 bits per heavy atom. The Bertz CT molecular complexity index is 288. The number of benzene rings is 1. The highest BCUT2D eigenvalue weighted by atomic mass is 35.5. The fraction of sp³-hybridized carbons (Fsp3) is 0.500. The first-order valence-corrected chi connectivity index (χ1v) is 5.31. The molecular weight excluding hydrogens is 194 g/mol. The van der Waals surface area contributed by atoms with Crippen LogP contribution in [0.2, 0.25) is 5.02 Å². The molecule has 0 amide bonds. The highest BCUT2D eigenvalue weighted by Crippen LogP contribution is 2.28. The normalized spacial score (nSPS) is 14.1. The maximum Gasteiger partial charge on any atom is 0.0406 e. The van der Waals surface area contributed by atoms with Gasteiger partial charge in [-0.3, -0.25) is 0 Å². The van der Waals surface area contributed by atoms with Crippen LogP contribution in [-0.2, 0) is 5.41 Å². The second kappa shape index (κ2) is 4.33. The smallest absolute Gasteiger partial charge is 0.0406 e. The molecule has 0 unspecified atom stereocenters. The van der Waals surface area contributed by atoms with Gasteiger partial charge in [-0.25, -0.2) is 0 Å². The minimum Gasteiger partial charge on any atom is -0.328 e. The van der Waals surface area contributed by atoms with Crippen molar-refractivity contribution in [2.45, 2.75) is 38.6 Å². The quantitative estimate of drug-likeness (QED) is 0.816. The van der Waals surface area contributed by atoms with Crippen molar-refractivity contribution in [3.05, 3.63) is 34.9 Å². The van der Waals surface area contributed by atoms with E-state index in [1.165, 1.54) is 5.56 Å². The molecule has 1 rings (SSSR count). The van der Waals surface area contributed by atoms with E-state index in [-0.39, 0.29) is 11.5 Å². The van der Waals surface area contributed by atoms with Gasteiger partial charge in [0.05, 0.1) is 0 Å². The Kier molecular flexibility index (Phi) is 3.57. The fourth-order valence-corrected chi connectivity index (χ4v) is 1.95. The Morgan fingerprint density at radius 1 is 1.29 bits per heavy atom. The monoisotopic (exact) mass is 211 g/mol. The maximum absolute atomic E-state index is 5.84. The summed E-state index contributed by atoms with van der Waals surface area (Å²) in [5.41, 5.74) is 7.23. The van der Waals surface area contributed by atoms with Gasteiger partial charge in [-0.1, -0.05) is 37.6 Å². The van der Waals surface area contributed by atoms with Gasteiger partial charge in [0.25, 0.3) is 0 Å². The SMILES string of the molecule is C[C@@H](N)CC(C)(C)c1ccc(Cl)cc1. The summed E-state index contributed by atoms with van der Waals surface area (Å²) < 4.78 is 0. The fourth-order valence-electron chi connectivity index (χ4n) is 1.82. The van der Waals surface area contributed by atoms with E-state index < -0.39 is 0 Å². The van der Waals surface area contributed by atoms with Crippen molar-refractivity contribution in [1.29, 1.82) is 0 Å². The molecule has 2 N–H and O–H groups in total. The van der Waals surface area contributed by atoms with Gasteiger partial charge in [0, 0.05) is 11.1 Å². The van der Waals surface area contributed by atoms with Crippen LogP contribution in [0.15, 0.2) is 24.3 Å². The van der Waals surface area contributed by atoms with Crippen LogP contribution in [0.1, 0.15) is 32.8 Å². The Morgan fingerprint density at radius 2 is 1.79 bits per heavy atom. The van der Waals surface area contributed by atoms with E-state index in [0.717, 1.165) is 11.4 Å². The van der Waals surface area contributed by atoms with E-state index in [1.54, 1.807) is 0 Å². The molecule has 14 heavy (non-hydrogen) atoms. The largest absolute Gasteiger partial charge is 0.328 e. The first-order valence-electron chi connectivity index (χ1n) is 4.93. The zero-order valence-corrected chi connectivity index (χ0v) is 9.81. The lowest BCUT2D eigenvalue weighted by molar-refractivity contribution is 0.437. The number of rotatable bonds is 3. The first-order chi connectivity index (χ1) is 6.42. The van der Waals surface area contributed by atoms with Gasteiger partial charge < -0.3 is 5.73 Å². The summed E-state index contributed by atoms with van der Waals surface area (Å²) in [6, 6.07) is 8.23. The topological polar surface area (TPSA) is 26.0 Å². The summed E-state index contributed by atoms with van der Waals surface area (Å²) in [5, 5.41) is 0.783. The molecule has 1 aromatic rings. The Hall–Kier alpha value is -0.530. The van der Waals surface area contributed by atoms with Crippen LogP contribution in [0, 0.1) is 0 Å². The number of hydrogen-bond acceptors (Lipinski definition) is 1. The summed E-state index contributed by atoms with van der Waals surface area (Å²) in [5.74, 6) is 0. The van der Waals surface area contributed by atoms with Gasteiger partial charge in [0.1, 0.15) is 0 Å². The third-order valence-electron chi connectivity index (χ3n) is 2.46. The van der Waals surface area contributed by atoms with Crippen LogP contribution in [0.25, 0.3) is 0 Å². The summed E-state index contributed by atoms with van der Waals surface area (Å²) in [7, 11) is 0. The lowest BCUT2D eigenvalue weighted by Gasteiger charge is -2.27. The zero-order valence-electron chi connectivity index (χ0n) is 9.05. The second-order valence-electron chi connectivity index (χ2n) is 4.57. The summed E-state index contributed by atoms with van der Waals surface area (Å²) in [6.07, 6.45) is 0.981. The van der Waals surface area contributed by atoms with Gasteiger partial charge in [-0.2, -0.15) is 0 Å². The van der Waals surface area contributed by atoms with Gasteiger partial charge in [-0.05, 0) is 36.5 Å². The number of nitrogens with two attached hydrogens (primary N) is 1. The molecule has 0 saturated carbocycles. The Balaban J connectivity index is 2.86. The highest BCUT2D eigenvalue weighted by Gasteiger charge is 2.21. The molecule has 0 aliphatic heterocycles. The average molecular weight is 212 g/mol. The molecule has 0 bridgehead atoms. The molecule has 0 aliphatic rings. The number of halogens is 1. The van der Waals surface area contributed by atoms with E-state index in [9.17, 15) is 0 Å². The molecule has 0 aliphatic carbocycles. The van der Waals surface area contributed by atoms with E-state index in [0.29, 0.717) is 0 Å². The Labute approximate surface area is 91.3 Å². The van der Waals surface area contributed by atoms with Crippen molar-refractivity contribution in [3.63, 3.8) is 0 Å². The molecule has 0 fully saturated rings. The van der Waals surface area contributed by atoms with Crippen LogP contribution in [0.3, 0.4) is 0 Å². The molecule has 0 spiro atoms. The molecule has 0 aromatic heterocycles. The molecule has 2 heteroatoms. The van der Waals surface area contributed by atoms with Crippen molar-refractivity contribution < 1.29 is 0 Å². The van der Waals surface area contributed by atoms with Crippen molar-refractivity contribution in [1.82, 2.24) is 0 Å². The van der Waals surface area contributed by atoms with E-state index in [1.807, 2.05) is 19.1 Å². The van der Waals surface area contributed by atoms with Crippen molar-refractivity contribution >= 4 is 11.6 Å². The van der Waals surface area contributed by atoms with Gasteiger partial charge >= 0.3 is 0 Å². The lowest BCUT2D eigenvalue weighted by atomic mass is 9.79. The molecular formula is C12H18ClN. The predicted molar refractivity (Wildman–Crippen MR) is 62.7 cm³/mol. The highest BCUT2D eigenvalue weighted by molar-refractivity contribution is 6.30. The molecule has 0 saturated heterocycles. The zero-order chi connectivity index (χ0) is 10.8. The minimum atomic E-state index is 0.124. The van der Waals surface area contributed by atoms with Crippen LogP contribution >= 0.6 is 11.6 Å². The standard InChI is InChI=1S/C12H18ClN/c1-9(14)8-12(2,3)10-4-6-11(13)7-5-10/h4-7,9H,8,14H2,1-3H3/t9-/m1/s1. The van der Waals surface area contributed by atoms with Crippen LogP contribution in [0.5, 0.6) is 0 Å². The molecule has 0 radical (unpaired) electrons.